The molecule has 0 aliphatic rings. The van der Waals surface area contributed by atoms with Crippen LogP contribution in [0, 0.1) is 0 Å². The first-order chi connectivity index (χ1) is 7.36. The van der Waals surface area contributed by atoms with Gasteiger partial charge in [0.2, 0.25) is 0 Å². The molecule has 0 saturated heterocycles. The van der Waals surface area contributed by atoms with Crippen molar-refractivity contribution in [2.75, 3.05) is 34.0 Å². The van der Waals surface area contributed by atoms with Crippen LogP contribution >= 0.6 is 0 Å². The third-order valence-electron chi connectivity index (χ3n) is 1.97. The Morgan fingerprint density at radius 2 is 2.27 bits per heavy atom. The molecule has 0 aromatic carbocycles. The van der Waals surface area contributed by atoms with Gasteiger partial charge < -0.3 is 19.4 Å². The van der Waals surface area contributed by atoms with Gasteiger partial charge in [0.15, 0.2) is 0 Å². The number of rotatable bonds is 8. The smallest absolute Gasteiger partial charge is 0.0950 e. The Morgan fingerprint density at radius 3 is 3.00 bits per heavy atom. The maximum absolute atomic E-state index is 5.36. The van der Waals surface area contributed by atoms with Gasteiger partial charge in [0, 0.05) is 26.4 Å². The SMILES string of the molecule is CNCc1cn(CCOCCOC)cn1. The summed E-state index contributed by atoms with van der Waals surface area (Å²) in [5, 5.41) is 3.06. The number of aromatic nitrogens is 2. The number of ether oxygens (including phenoxy) is 2. The predicted molar refractivity (Wildman–Crippen MR) is 57.7 cm³/mol. The van der Waals surface area contributed by atoms with E-state index in [4.69, 9.17) is 9.47 Å². The summed E-state index contributed by atoms with van der Waals surface area (Å²) in [4.78, 5) is 4.24. The first-order valence-corrected chi connectivity index (χ1v) is 5.08. The highest BCUT2D eigenvalue weighted by Crippen LogP contribution is 1.95. The lowest BCUT2D eigenvalue weighted by Crippen LogP contribution is -2.08. The standard InChI is InChI=1S/C10H19N3O2/c1-11-7-10-8-13(9-12-10)3-4-15-6-5-14-2/h8-9,11H,3-7H2,1-2H3. The third-order valence-corrected chi connectivity index (χ3v) is 1.97. The molecule has 1 rings (SSSR count). The number of hydrogen-bond donors (Lipinski definition) is 1. The van der Waals surface area contributed by atoms with E-state index in [-0.39, 0.29) is 0 Å². The van der Waals surface area contributed by atoms with Gasteiger partial charge in [-0.1, -0.05) is 0 Å². The lowest BCUT2D eigenvalue weighted by Gasteiger charge is -2.03. The minimum Gasteiger partial charge on any atom is -0.382 e. The van der Waals surface area contributed by atoms with E-state index in [0.717, 1.165) is 18.8 Å². The first kappa shape index (κ1) is 12.2. The number of nitrogens with zero attached hydrogens (tertiary/aromatic N) is 2. The van der Waals surface area contributed by atoms with Crippen molar-refractivity contribution < 1.29 is 9.47 Å². The molecule has 1 aromatic rings. The predicted octanol–water partition coefficient (Wildman–Crippen LogP) is 0.266. The highest BCUT2D eigenvalue weighted by Gasteiger charge is 1.96. The molecule has 86 valence electrons. The van der Waals surface area contributed by atoms with Crippen molar-refractivity contribution >= 4 is 0 Å². The Balaban J connectivity index is 2.14. The minimum absolute atomic E-state index is 0.647. The monoisotopic (exact) mass is 213 g/mol. The molecule has 0 atom stereocenters. The van der Waals surface area contributed by atoms with Crippen molar-refractivity contribution in [2.45, 2.75) is 13.1 Å². The fourth-order valence-electron chi connectivity index (χ4n) is 1.22. The van der Waals surface area contributed by atoms with E-state index in [1.807, 2.05) is 24.1 Å². The van der Waals surface area contributed by atoms with E-state index < -0.39 is 0 Å². The molecular weight excluding hydrogens is 194 g/mol. The van der Waals surface area contributed by atoms with Gasteiger partial charge in [0.05, 0.1) is 31.8 Å². The molecule has 0 aliphatic carbocycles. The molecule has 0 bridgehead atoms. The van der Waals surface area contributed by atoms with Gasteiger partial charge in [-0.15, -0.1) is 0 Å². The normalized spacial score (nSPS) is 10.8. The summed E-state index contributed by atoms with van der Waals surface area (Å²) >= 11 is 0. The van der Waals surface area contributed by atoms with Crippen LogP contribution in [-0.4, -0.2) is 43.5 Å². The van der Waals surface area contributed by atoms with Crippen molar-refractivity contribution in [1.82, 2.24) is 14.9 Å². The summed E-state index contributed by atoms with van der Waals surface area (Å²) < 4.78 is 12.3. The van der Waals surface area contributed by atoms with Gasteiger partial charge in [-0.05, 0) is 7.05 Å². The molecule has 0 amide bonds. The van der Waals surface area contributed by atoms with E-state index in [0.29, 0.717) is 19.8 Å². The number of hydrogen-bond acceptors (Lipinski definition) is 4. The maximum atomic E-state index is 5.36. The summed E-state index contributed by atoms with van der Waals surface area (Å²) in [6.45, 7) is 3.63. The Kier molecular flexibility index (Phi) is 5.99. The topological polar surface area (TPSA) is 48.3 Å². The second-order valence-electron chi connectivity index (χ2n) is 3.24. The molecular formula is C10H19N3O2. The van der Waals surface area contributed by atoms with Crippen LogP contribution in [0.5, 0.6) is 0 Å². The van der Waals surface area contributed by atoms with Crippen LogP contribution in [0.15, 0.2) is 12.5 Å². The van der Waals surface area contributed by atoms with Gasteiger partial charge in [-0.25, -0.2) is 4.98 Å². The van der Waals surface area contributed by atoms with Crippen molar-refractivity contribution in [2.24, 2.45) is 0 Å². The van der Waals surface area contributed by atoms with Crippen LogP contribution in [0.2, 0.25) is 0 Å². The molecule has 0 unspecified atom stereocenters. The van der Waals surface area contributed by atoms with Crippen molar-refractivity contribution in [3.8, 4) is 0 Å². The Hall–Kier alpha value is -0.910. The van der Waals surface area contributed by atoms with Crippen molar-refractivity contribution in [3.05, 3.63) is 18.2 Å². The van der Waals surface area contributed by atoms with Crippen LogP contribution < -0.4 is 5.32 Å². The average Bonchev–Trinajstić information content (AvgIpc) is 2.66. The molecule has 5 heteroatoms. The minimum atomic E-state index is 0.647. The van der Waals surface area contributed by atoms with Crippen LogP contribution in [0.3, 0.4) is 0 Å². The van der Waals surface area contributed by atoms with Crippen LogP contribution in [-0.2, 0) is 22.6 Å². The van der Waals surface area contributed by atoms with Crippen molar-refractivity contribution in [3.63, 3.8) is 0 Å². The second kappa shape index (κ2) is 7.39. The lowest BCUT2D eigenvalue weighted by molar-refractivity contribution is 0.0666. The third kappa shape index (κ3) is 4.92. The van der Waals surface area contributed by atoms with E-state index >= 15 is 0 Å². The molecule has 15 heavy (non-hydrogen) atoms. The summed E-state index contributed by atoms with van der Waals surface area (Å²) in [6.07, 6.45) is 3.85. The van der Waals surface area contributed by atoms with Gasteiger partial charge in [-0.3, -0.25) is 0 Å². The summed E-state index contributed by atoms with van der Waals surface area (Å²) in [5.74, 6) is 0. The van der Waals surface area contributed by atoms with Gasteiger partial charge in [0.1, 0.15) is 0 Å². The molecule has 5 nitrogen and oxygen atoms in total. The highest BCUT2D eigenvalue weighted by atomic mass is 16.5. The molecule has 1 N–H and O–H groups in total. The van der Waals surface area contributed by atoms with Gasteiger partial charge in [0.25, 0.3) is 0 Å². The summed E-state index contributed by atoms with van der Waals surface area (Å²) in [5.41, 5.74) is 1.05. The zero-order valence-electron chi connectivity index (χ0n) is 9.40. The van der Waals surface area contributed by atoms with E-state index in [2.05, 4.69) is 10.3 Å². The fourth-order valence-corrected chi connectivity index (χ4v) is 1.22. The van der Waals surface area contributed by atoms with Crippen LogP contribution in [0.25, 0.3) is 0 Å². The van der Waals surface area contributed by atoms with E-state index in [1.54, 1.807) is 7.11 Å². The van der Waals surface area contributed by atoms with Crippen molar-refractivity contribution in [1.29, 1.82) is 0 Å². The highest BCUT2D eigenvalue weighted by molar-refractivity contribution is 4.95. The molecule has 0 saturated carbocycles. The maximum Gasteiger partial charge on any atom is 0.0950 e. The van der Waals surface area contributed by atoms with Gasteiger partial charge >= 0.3 is 0 Å². The van der Waals surface area contributed by atoms with Crippen LogP contribution in [0.4, 0.5) is 0 Å². The molecule has 0 radical (unpaired) electrons. The Morgan fingerprint density at radius 1 is 1.40 bits per heavy atom. The average molecular weight is 213 g/mol. The fraction of sp³-hybridized carbons (Fsp3) is 0.700. The lowest BCUT2D eigenvalue weighted by atomic mass is 10.5. The second-order valence-corrected chi connectivity index (χ2v) is 3.24. The zero-order chi connectivity index (χ0) is 10.9. The number of methoxy groups -OCH3 is 1. The zero-order valence-corrected chi connectivity index (χ0v) is 9.40. The number of imidazole rings is 1. The number of nitrogens with one attached hydrogen (secondary N) is 1. The van der Waals surface area contributed by atoms with E-state index in [1.165, 1.54) is 0 Å². The van der Waals surface area contributed by atoms with Crippen LogP contribution in [0.1, 0.15) is 5.69 Å². The Labute approximate surface area is 90.4 Å². The molecule has 0 aliphatic heterocycles. The first-order valence-electron chi connectivity index (χ1n) is 5.08. The summed E-state index contributed by atoms with van der Waals surface area (Å²) in [6, 6.07) is 0. The van der Waals surface area contributed by atoms with E-state index in [9.17, 15) is 0 Å². The largest absolute Gasteiger partial charge is 0.382 e. The quantitative estimate of drug-likeness (QED) is 0.630. The summed E-state index contributed by atoms with van der Waals surface area (Å²) in [7, 11) is 3.58. The van der Waals surface area contributed by atoms with Gasteiger partial charge in [-0.2, -0.15) is 0 Å². The molecule has 1 heterocycles. The Bertz CT molecular complexity index is 263. The molecule has 0 spiro atoms. The molecule has 1 aromatic heterocycles. The molecule has 0 fully saturated rings.